The van der Waals surface area contributed by atoms with Crippen molar-refractivity contribution in [2.75, 3.05) is 13.2 Å². The first-order valence-electron chi connectivity index (χ1n) is 6.92. The third-order valence-electron chi connectivity index (χ3n) is 3.86. The van der Waals surface area contributed by atoms with Crippen LogP contribution in [0.3, 0.4) is 0 Å². The number of aromatic nitrogens is 3. The highest BCUT2D eigenvalue weighted by atomic mass is 16.5. The number of hydrogen-bond acceptors (Lipinski definition) is 4. The molecule has 2 heterocycles. The molecule has 5 nitrogen and oxygen atoms in total. The van der Waals surface area contributed by atoms with Crippen LogP contribution in [-0.2, 0) is 11.3 Å². The number of nitrogens with one attached hydrogen (secondary N) is 1. The molecule has 1 aliphatic heterocycles. The van der Waals surface area contributed by atoms with E-state index in [2.05, 4.69) is 41.5 Å². The SMILES string of the molecule is CC1(C)COCC1NCc1nncn1-c1ccccc1. The quantitative estimate of drug-likeness (QED) is 0.922. The molecule has 1 unspecified atom stereocenters. The van der Waals surface area contributed by atoms with Gasteiger partial charge >= 0.3 is 0 Å². The minimum Gasteiger partial charge on any atom is -0.379 e. The lowest BCUT2D eigenvalue weighted by Crippen LogP contribution is -2.40. The van der Waals surface area contributed by atoms with Crippen LogP contribution in [-0.4, -0.2) is 34.0 Å². The fraction of sp³-hybridized carbons (Fsp3) is 0.467. The Bertz CT molecular complexity index is 564. The van der Waals surface area contributed by atoms with Gasteiger partial charge in [0.25, 0.3) is 0 Å². The molecule has 1 aromatic carbocycles. The van der Waals surface area contributed by atoms with E-state index in [0.29, 0.717) is 12.6 Å². The maximum atomic E-state index is 5.55. The van der Waals surface area contributed by atoms with E-state index in [-0.39, 0.29) is 5.41 Å². The maximum absolute atomic E-state index is 5.55. The second-order valence-electron chi connectivity index (χ2n) is 5.89. The van der Waals surface area contributed by atoms with E-state index in [1.807, 2.05) is 22.8 Å². The lowest BCUT2D eigenvalue weighted by Gasteiger charge is -2.25. The number of nitrogens with zero attached hydrogens (tertiary/aromatic N) is 3. The van der Waals surface area contributed by atoms with E-state index in [1.165, 1.54) is 0 Å². The number of hydrogen-bond donors (Lipinski definition) is 1. The summed E-state index contributed by atoms with van der Waals surface area (Å²) in [6, 6.07) is 10.5. The second-order valence-corrected chi connectivity index (χ2v) is 5.89. The topological polar surface area (TPSA) is 52.0 Å². The van der Waals surface area contributed by atoms with Crippen LogP contribution < -0.4 is 5.32 Å². The highest BCUT2D eigenvalue weighted by Gasteiger charge is 2.35. The van der Waals surface area contributed by atoms with Gasteiger partial charge in [0.05, 0.1) is 19.8 Å². The van der Waals surface area contributed by atoms with Crippen molar-refractivity contribution in [2.45, 2.75) is 26.4 Å². The van der Waals surface area contributed by atoms with Gasteiger partial charge in [0.1, 0.15) is 6.33 Å². The Kier molecular flexibility index (Phi) is 3.54. The lowest BCUT2D eigenvalue weighted by molar-refractivity contribution is 0.166. The van der Waals surface area contributed by atoms with Crippen molar-refractivity contribution in [1.29, 1.82) is 0 Å². The molecule has 0 radical (unpaired) electrons. The van der Waals surface area contributed by atoms with E-state index >= 15 is 0 Å². The average molecular weight is 272 g/mol. The van der Waals surface area contributed by atoms with Crippen LogP contribution in [0.5, 0.6) is 0 Å². The zero-order valence-corrected chi connectivity index (χ0v) is 11.9. The van der Waals surface area contributed by atoms with Gasteiger partial charge in [-0.25, -0.2) is 0 Å². The third-order valence-corrected chi connectivity index (χ3v) is 3.86. The molecule has 1 saturated heterocycles. The number of para-hydroxylation sites is 1. The Morgan fingerprint density at radius 2 is 2.15 bits per heavy atom. The number of benzene rings is 1. The van der Waals surface area contributed by atoms with Crippen LogP contribution >= 0.6 is 0 Å². The van der Waals surface area contributed by atoms with Crippen molar-refractivity contribution in [2.24, 2.45) is 5.41 Å². The molecule has 0 spiro atoms. The molecule has 3 rings (SSSR count). The van der Waals surface area contributed by atoms with Crippen LogP contribution in [0.4, 0.5) is 0 Å². The predicted octanol–water partition coefficient (Wildman–Crippen LogP) is 1.78. The van der Waals surface area contributed by atoms with Crippen LogP contribution in [0.1, 0.15) is 19.7 Å². The summed E-state index contributed by atoms with van der Waals surface area (Å²) in [5, 5.41) is 11.8. The van der Waals surface area contributed by atoms with Gasteiger partial charge in [-0.05, 0) is 12.1 Å². The molecular weight excluding hydrogens is 252 g/mol. The Labute approximate surface area is 119 Å². The smallest absolute Gasteiger partial charge is 0.151 e. The van der Waals surface area contributed by atoms with Crippen molar-refractivity contribution in [1.82, 2.24) is 20.1 Å². The number of rotatable bonds is 4. The van der Waals surface area contributed by atoms with Gasteiger partial charge in [0.2, 0.25) is 0 Å². The van der Waals surface area contributed by atoms with Crippen molar-refractivity contribution in [3.63, 3.8) is 0 Å². The minimum absolute atomic E-state index is 0.164. The Morgan fingerprint density at radius 3 is 2.85 bits per heavy atom. The molecule has 5 heteroatoms. The van der Waals surface area contributed by atoms with Gasteiger partial charge in [-0.1, -0.05) is 32.0 Å². The van der Waals surface area contributed by atoms with Crippen molar-refractivity contribution in [3.8, 4) is 5.69 Å². The highest BCUT2D eigenvalue weighted by molar-refractivity contribution is 5.31. The molecule has 1 atom stereocenters. The Hall–Kier alpha value is -1.72. The molecule has 0 aliphatic carbocycles. The molecule has 0 bridgehead atoms. The molecule has 1 aliphatic rings. The van der Waals surface area contributed by atoms with Gasteiger partial charge in [0.15, 0.2) is 5.82 Å². The van der Waals surface area contributed by atoms with Crippen molar-refractivity contribution < 1.29 is 4.74 Å². The highest BCUT2D eigenvalue weighted by Crippen LogP contribution is 2.27. The van der Waals surface area contributed by atoms with E-state index in [0.717, 1.165) is 24.7 Å². The van der Waals surface area contributed by atoms with Crippen LogP contribution in [0.25, 0.3) is 5.69 Å². The summed E-state index contributed by atoms with van der Waals surface area (Å²) < 4.78 is 7.56. The molecule has 106 valence electrons. The van der Waals surface area contributed by atoms with Gasteiger partial charge in [-0.2, -0.15) is 0 Å². The maximum Gasteiger partial charge on any atom is 0.151 e. The minimum atomic E-state index is 0.164. The summed E-state index contributed by atoms with van der Waals surface area (Å²) in [5.74, 6) is 0.916. The average Bonchev–Trinajstić information content (AvgIpc) is 3.03. The summed E-state index contributed by atoms with van der Waals surface area (Å²) in [7, 11) is 0. The van der Waals surface area contributed by atoms with Crippen LogP contribution in [0, 0.1) is 5.41 Å². The van der Waals surface area contributed by atoms with E-state index < -0.39 is 0 Å². The van der Waals surface area contributed by atoms with Gasteiger partial charge in [0, 0.05) is 17.1 Å². The fourth-order valence-corrected chi connectivity index (χ4v) is 2.50. The summed E-state index contributed by atoms with van der Waals surface area (Å²) >= 11 is 0. The summed E-state index contributed by atoms with van der Waals surface area (Å²) in [5.41, 5.74) is 1.24. The predicted molar refractivity (Wildman–Crippen MR) is 76.6 cm³/mol. The second kappa shape index (κ2) is 5.34. The van der Waals surface area contributed by atoms with Gasteiger partial charge in [-0.3, -0.25) is 4.57 Å². The van der Waals surface area contributed by atoms with Crippen LogP contribution in [0.2, 0.25) is 0 Å². The third kappa shape index (κ3) is 2.59. The van der Waals surface area contributed by atoms with Crippen molar-refractivity contribution >= 4 is 0 Å². The molecule has 0 saturated carbocycles. The van der Waals surface area contributed by atoms with E-state index in [9.17, 15) is 0 Å². The van der Waals surface area contributed by atoms with E-state index in [4.69, 9.17) is 4.74 Å². The summed E-state index contributed by atoms with van der Waals surface area (Å²) in [6.07, 6.45) is 1.75. The lowest BCUT2D eigenvalue weighted by atomic mass is 9.88. The molecule has 1 aromatic heterocycles. The first kappa shape index (κ1) is 13.3. The standard InChI is InChI=1S/C15H20N4O/c1-15(2)10-20-9-13(15)16-8-14-18-17-11-19(14)12-6-4-3-5-7-12/h3-7,11,13,16H,8-10H2,1-2H3. The molecule has 20 heavy (non-hydrogen) atoms. The van der Waals surface area contributed by atoms with Crippen molar-refractivity contribution in [3.05, 3.63) is 42.5 Å². The molecule has 1 fully saturated rings. The summed E-state index contributed by atoms with van der Waals surface area (Å²) in [4.78, 5) is 0. The molecule has 0 amide bonds. The zero-order valence-electron chi connectivity index (χ0n) is 11.9. The summed E-state index contributed by atoms with van der Waals surface area (Å²) in [6.45, 7) is 6.69. The first-order valence-corrected chi connectivity index (χ1v) is 6.92. The largest absolute Gasteiger partial charge is 0.379 e. The van der Waals surface area contributed by atoms with Crippen LogP contribution in [0.15, 0.2) is 36.7 Å². The Morgan fingerprint density at radius 1 is 1.35 bits per heavy atom. The first-order chi connectivity index (χ1) is 9.67. The molecule has 1 N–H and O–H groups in total. The fourth-order valence-electron chi connectivity index (χ4n) is 2.50. The molecular formula is C15H20N4O. The normalized spacial score (nSPS) is 21.2. The zero-order chi connectivity index (χ0) is 14.0. The number of ether oxygens (including phenoxy) is 1. The van der Waals surface area contributed by atoms with Gasteiger partial charge in [-0.15, -0.1) is 10.2 Å². The molecule has 2 aromatic rings. The Balaban J connectivity index is 1.72. The van der Waals surface area contributed by atoms with Gasteiger partial charge < -0.3 is 10.1 Å². The van der Waals surface area contributed by atoms with E-state index in [1.54, 1.807) is 6.33 Å². The monoisotopic (exact) mass is 272 g/mol.